The molecule has 1 heterocycles. The van der Waals surface area contributed by atoms with Gasteiger partial charge in [-0.1, -0.05) is 12.1 Å². The zero-order valence-electron chi connectivity index (χ0n) is 11.8. The van der Waals surface area contributed by atoms with Gasteiger partial charge in [-0.2, -0.15) is 0 Å². The molecular formula is C17H16FNO2. The van der Waals surface area contributed by atoms with Crippen molar-refractivity contribution in [1.82, 2.24) is 0 Å². The van der Waals surface area contributed by atoms with Crippen LogP contribution in [0.1, 0.15) is 22.3 Å². The monoisotopic (exact) mass is 285 g/mol. The summed E-state index contributed by atoms with van der Waals surface area (Å²) in [7, 11) is 0. The predicted octanol–water partition coefficient (Wildman–Crippen LogP) is 3.56. The number of halogens is 1. The van der Waals surface area contributed by atoms with E-state index >= 15 is 0 Å². The lowest BCUT2D eigenvalue weighted by Crippen LogP contribution is -2.32. The molecule has 0 atom stereocenters. The molecule has 3 nitrogen and oxygen atoms in total. The minimum Gasteiger partial charge on any atom is -0.491 e. The van der Waals surface area contributed by atoms with E-state index in [2.05, 4.69) is 0 Å². The molecule has 108 valence electrons. The van der Waals surface area contributed by atoms with Crippen LogP contribution in [0.25, 0.3) is 0 Å². The summed E-state index contributed by atoms with van der Waals surface area (Å²) in [5, 5.41) is 0. The third kappa shape index (κ3) is 2.61. The van der Waals surface area contributed by atoms with Crippen LogP contribution >= 0.6 is 0 Å². The number of nitrogens with zero attached hydrogens (tertiary/aromatic N) is 1. The molecule has 0 bridgehead atoms. The van der Waals surface area contributed by atoms with Gasteiger partial charge in [0.2, 0.25) is 0 Å². The van der Waals surface area contributed by atoms with E-state index in [0.717, 1.165) is 12.1 Å². The van der Waals surface area contributed by atoms with Gasteiger partial charge >= 0.3 is 0 Å². The van der Waals surface area contributed by atoms with E-state index in [1.807, 2.05) is 24.3 Å². The van der Waals surface area contributed by atoms with Gasteiger partial charge in [0.05, 0.1) is 12.3 Å². The summed E-state index contributed by atoms with van der Waals surface area (Å²) in [6.07, 6.45) is 0.765. The summed E-state index contributed by atoms with van der Waals surface area (Å²) in [6, 6.07) is 11.7. The highest BCUT2D eigenvalue weighted by Crippen LogP contribution is 2.31. The third-order valence-corrected chi connectivity index (χ3v) is 3.60. The van der Waals surface area contributed by atoms with Crippen LogP contribution in [0.4, 0.5) is 10.1 Å². The highest BCUT2D eigenvalue weighted by molar-refractivity contribution is 6.07. The number of hydrogen-bond acceptors (Lipinski definition) is 2. The highest BCUT2D eigenvalue weighted by atomic mass is 19.1. The molecule has 0 saturated carbocycles. The van der Waals surface area contributed by atoms with Gasteiger partial charge in [0.15, 0.2) is 0 Å². The normalized spacial score (nSPS) is 14.1. The number of benzene rings is 2. The van der Waals surface area contributed by atoms with Gasteiger partial charge in [-0.05, 0) is 49.2 Å². The number of carbonyl (C=O) groups excluding carboxylic acids is 1. The Labute approximate surface area is 123 Å². The first-order chi connectivity index (χ1) is 10.2. The van der Waals surface area contributed by atoms with Crippen LogP contribution in [0, 0.1) is 12.7 Å². The number of rotatable bonds is 1. The van der Waals surface area contributed by atoms with Crippen LogP contribution in [0.3, 0.4) is 0 Å². The Kier molecular flexibility index (Phi) is 3.60. The molecule has 0 saturated heterocycles. The van der Waals surface area contributed by atoms with Gasteiger partial charge in [-0.3, -0.25) is 4.79 Å². The number of carbonyl (C=O) groups is 1. The van der Waals surface area contributed by atoms with E-state index in [0.29, 0.717) is 30.0 Å². The van der Waals surface area contributed by atoms with E-state index in [1.54, 1.807) is 17.9 Å². The second-order valence-electron chi connectivity index (χ2n) is 5.09. The number of fused-ring (bicyclic) bond motifs is 1. The van der Waals surface area contributed by atoms with Gasteiger partial charge < -0.3 is 9.64 Å². The molecule has 4 heteroatoms. The van der Waals surface area contributed by atoms with Crippen molar-refractivity contribution in [2.45, 2.75) is 13.3 Å². The van der Waals surface area contributed by atoms with E-state index in [4.69, 9.17) is 4.74 Å². The molecular weight excluding hydrogens is 269 g/mol. The van der Waals surface area contributed by atoms with Crippen molar-refractivity contribution >= 4 is 11.6 Å². The van der Waals surface area contributed by atoms with Crippen LogP contribution in [0.15, 0.2) is 42.5 Å². The molecule has 0 N–H and O–H groups in total. The number of amides is 1. The fraction of sp³-hybridized carbons (Fsp3) is 0.235. The minimum absolute atomic E-state index is 0.120. The van der Waals surface area contributed by atoms with Gasteiger partial charge in [0.1, 0.15) is 11.6 Å². The number of para-hydroxylation sites is 2. The van der Waals surface area contributed by atoms with Crippen LogP contribution in [-0.2, 0) is 0 Å². The summed E-state index contributed by atoms with van der Waals surface area (Å²) in [4.78, 5) is 14.5. The Morgan fingerprint density at radius 2 is 2.05 bits per heavy atom. The first kappa shape index (κ1) is 13.6. The van der Waals surface area contributed by atoms with E-state index < -0.39 is 0 Å². The number of aryl methyl sites for hydroxylation is 1. The summed E-state index contributed by atoms with van der Waals surface area (Å²) in [5.41, 5.74) is 1.93. The lowest BCUT2D eigenvalue weighted by Gasteiger charge is -2.22. The molecule has 0 unspecified atom stereocenters. The molecule has 0 spiro atoms. The average molecular weight is 285 g/mol. The van der Waals surface area contributed by atoms with E-state index in [1.165, 1.54) is 12.1 Å². The van der Waals surface area contributed by atoms with Crippen molar-refractivity contribution in [3.8, 4) is 5.75 Å². The molecule has 2 aromatic rings. The fourth-order valence-corrected chi connectivity index (χ4v) is 2.55. The lowest BCUT2D eigenvalue weighted by molar-refractivity contribution is 0.0986. The second-order valence-corrected chi connectivity index (χ2v) is 5.09. The van der Waals surface area contributed by atoms with Gasteiger partial charge in [0.25, 0.3) is 5.91 Å². The standard InChI is InChI=1S/C17H16FNO2/c1-12-11-13(18)7-8-14(12)17(20)19-9-4-10-21-16-6-3-2-5-15(16)19/h2-3,5-8,11H,4,9-10H2,1H3. The first-order valence-electron chi connectivity index (χ1n) is 6.96. The zero-order valence-corrected chi connectivity index (χ0v) is 11.8. The number of ether oxygens (including phenoxy) is 1. The van der Waals surface area contributed by atoms with Crippen molar-refractivity contribution in [2.75, 3.05) is 18.1 Å². The Balaban J connectivity index is 2.01. The van der Waals surface area contributed by atoms with Gasteiger partial charge in [-0.15, -0.1) is 0 Å². The SMILES string of the molecule is Cc1cc(F)ccc1C(=O)N1CCCOc2ccccc21. The van der Waals surface area contributed by atoms with Gasteiger partial charge in [-0.25, -0.2) is 4.39 Å². The summed E-state index contributed by atoms with van der Waals surface area (Å²) in [6.45, 7) is 2.92. The van der Waals surface area contributed by atoms with Crippen molar-refractivity contribution in [3.05, 3.63) is 59.4 Å². The average Bonchev–Trinajstić information content (AvgIpc) is 2.69. The van der Waals surface area contributed by atoms with Crippen molar-refractivity contribution < 1.29 is 13.9 Å². The molecule has 1 amide bonds. The summed E-state index contributed by atoms with van der Waals surface area (Å²) in [5.74, 6) is 0.261. The minimum atomic E-state index is -0.330. The number of hydrogen-bond donors (Lipinski definition) is 0. The van der Waals surface area contributed by atoms with Crippen LogP contribution in [0.2, 0.25) is 0 Å². The van der Waals surface area contributed by atoms with Crippen molar-refractivity contribution in [2.24, 2.45) is 0 Å². The Bertz CT molecular complexity index is 684. The third-order valence-electron chi connectivity index (χ3n) is 3.60. The lowest BCUT2D eigenvalue weighted by atomic mass is 10.1. The van der Waals surface area contributed by atoms with Crippen molar-refractivity contribution in [1.29, 1.82) is 0 Å². The topological polar surface area (TPSA) is 29.5 Å². The second kappa shape index (κ2) is 5.56. The maximum Gasteiger partial charge on any atom is 0.258 e. The van der Waals surface area contributed by atoms with Crippen molar-refractivity contribution in [3.63, 3.8) is 0 Å². The Morgan fingerprint density at radius 3 is 2.86 bits per heavy atom. The molecule has 0 radical (unpaired) electrons. The maximum absolute atomic E-state index is 13.2. The molecule has 0 aliphatic carbocycles. The Hall–Kier alpha value is -2.36. The quantitative estimate of drug-likeness (QED) is 0.801. The Morgan fingerprint density at radius 1 is 1.24 bits per heavy atom. The summed E-state index contributed by atoms with van der Waals surface area (Å²) >= 11 is 0. The molecule has 0 aromatic heterocycles. The van der Waals surface area contributed by atoms with E-state index in [-0.39, 0.29) is 11.7 Å². The van der Waals surface area contributed by atoms with Crippen LogP contribution < -0.4 is 9.64 Å². The fourth-order valence-electron chi connectivity index (χ4n) is 2.55. The molecule has 21 heavy (non-hydrogen) atoms. The number of anilines is 1. The predicted molar refractivity (Wildman–Crippen MR) is 79.4 cm³/mol. The highest BCUT2D eigenvalue weighted by Gasteiger charge is 2.24. The van der Waals surface area contributed by atoms with Crippen LogP contribution in [-0.4, -0.2) is 19.1 Å². The largest absolute Gasteiger partial charge is 0.491 e. The first-order valence-corrected chi connectivity index (χ1v) is 6.96. The molecule has 2 aromatic carbocycles. The summed E-state index contributed by atoms with van der Waals surface area (Å²) < 4.78 is 18.9. The maximum atomic E-state index is 13.2. The molecule has 1 aliphatic heterocycles. The molecule has 3 rings (SSSR count). The van der Waals surface area contributed by atoms with E-state index in [9.17, 15) is 9.18 Å². The smallest absolute Gasteiger partial charge is 0.258 e. The zero-order chi connectivity index (χ0) is 14.8. The molecule has 0 fully saturated rings. The van der Waals surface area contributed by atoms with Gasteiger partial charge in [0, 0.05) is 12.1 Å². The molecule has 1 aliphatic rings. The van der Waals surface area contributed by atoms with Crippen LogP contribution in [0.5, 0.6) is 5.75 Å².